The standard InChI is InChI=1S/C14H12N2O2S/c17-19-16-14(15-18-19)10-11-6-8-13(9-7-11)12-4-2-1-3-5-12/h1-9H,10H2,(H,15,16). The van der Waals surface area contributed by atoms with Gasteiger partial charge in [-0.15, -0.1) is 0 Å². The van der Waals surface area contributed by atoms with E-state index in [0.717, 1.165) is 5.56 Å². The van der Waals surface area contributed by atoms with Crippen molar-refractivity contribution in [1.82, 2.24) is 4.72 Å². The van der Waals surface area contributed by atoms with Crippen molar-refractivity contribution in [3.63, 3.8) is 0 Å². The first-order valence-corrected chi connectivity index (χ1v) is 6.96. The molecule has 3 rings (SSSR count). The second kappa shape index (κ2) is 5.24. The van der Waals surface area contributed by atoms with Gasteiger partial charge < -0.3 is 0 Å². The van der Waals surface area contributed by atoms with E-state index in [9.17, 15) is 4.21 Å². The Balaban J connectivity index is 1.74. The minimum atomic E-state index is -1.51. The van der Waals surface area contributed by atoms with Crippen LogP contribution in [0.3, 0.4) is 0 Å². The van der Waals surface area contributed by atoms with Crippen LogP contribution in [0.5, 0.6) is 0 Å². The van der Waals surface area contributed by atoms with Gasteiger partial charge >= 0.3 is 11.3 Å². The molecular weight excluding hydrogens is 260 g/mol. The minimum Gasteiger partial charge on any atom is -0.269 e. The van der Waals surface area contributed by atoms with Gasteiger partial charge in [0.25, 0.3) is 0 Å². The van der Waals surface area contributed by atoms with Crippen molar-refractivity contribution in [3.05, 3.63) is 60.2 Å². The van der Waals surface area contributed by atoms with Crippen molar-refractivity contribution < 1.29 is 8.49 Å². The molecule has 1 unspecified atom stereocenters. The Bertz CT molecular complexity index is 624. The second-order valence-electron chi connectivity index (χ2n) is 4.19. The monoisotopic (exact) mass is 272 g/mol. The summed E-state index contributed by atoms with van der Waals surface area (Å²) >= 11 is -1.51. The largest absolute Gasteiger partial charge is 0.338 e. The summed E-state index contributed by atoms with van der Waals surface area (Å²) in [6, 6.07) is 18.4. The van der Waals surface area contributed by atoms with E-state index >= 15 is 0 Å². The topological polar surface area (TPSA) is 50.7 Å². The number of hydrogen-bond donors (Lipinski definition) is 1. The van der Waals surface area contributed by atoms with E-state index in [2.05, 4.69) is 38.4 Å². The number of rotatable bonds is 3. The zero-order valence-corrected chi connectivity index (χ0v) is 10.9. The van der Waals surface area contributed by atoms with E-state index in [1.165, 1.54) is 11.1 Å². The third-order valence-corrected chi connectivity index (χ3v) is 3.46. The molecule has 0 bridgehead atoms. The predicted octanol–water partition coefficient (Wildman–Crippen LogP) is 2.41. The van der Waals surface area contributed by atoms with Crippen LogP contribution in [-0.4, -0.2) is 10.0 Å². The molecule has 96 valence electrons. The summed E-state index contributed by atoms with van der Waals surface area (Å²) in [5.41, 5.74) is 3.45. The molecule has 0 amide bonds. The Morgan fingerprint density at radius 3 is 2.32 bits per heavy atom. The van der Waals surface area contributed by atoms with Crippen LogP contribution >= 0.6 is 0 Å². The summed E-state index contributed by atoms with van der Waals surface area (Å²) < 4.78 is 18.2. The number of hydrogen-bond acceptors (Lipinski definition) is 3. The van der Waals surface area contributed by atoms with Crippen LogP contribution in [0.1, 0.15) is 5.56 Å². The average molecular weight is 272 g/mol. The van der Waals surface area contributed by atoms with Crippen LogP contribution in [-0.2, 0) is 22.0 Å². The van der Waals surface area contributed by atoms with Gasteiger partial charge in [0.15, 0.2) is 5.84 Å². The van der Waals surface area contributed by atoms with Crippen LogP contribution in [0, 0.1) is 0 Å². The Morgan fingerprint density at radius 1 is 1.00 bits per heavy atom. The lowest BCUT2D eigenvalue weighted by molar-refractivity contribution is 0.384. The number of nitrogens with one attached hydrogen (secondary N) is 1. The molecule has 1 heterocycles. The molecule has 0 fully saturated rings. The normalized spacial score (nSPS) is 17.5. The lowest BCUT2D eigenvalue weighted by atomic mass is 10.0. The van der Waals surface area contributed by atoms with Gasteiger partial charge in [-0.1, -0.05) is 59.8 Å². The highest BCUT2D eigenvalue weighted by Crippen LogP contribution is 2.19. The molecule has 1 N–H and O–H groups in total. The molecule has 19 heavy (non-hydrogen) atoms. The molecule has 0 radical (unpaired) electrons. The van der Waals surface area contributed by atoms with Crippen molar-refractivity contribution >= 4 is 17.1 Å². The predicted molar refractivity (Wildman–Crippen MR) is 75.4 cm³/mol. The summed E-state index contributed by atoms with van der Waals surface area (Å²) in [5.74, 6) is 0.589. The first kappa shape index (κ1) is 11.9. The molecular formula is C14H12N2O2S. The fourth-order valence-corrected chi connectivity index (χ4v) is 2.42. The van der Waals surface area contributed by atoms with Gasteiger partial charge in [0.2, 0.25) is 0 Å². The van der Waals surface area contributed by atoms with Gasteiger partial charge in [0.05, 0.1) is 0 Å². The van der Waals surface area contributed by atoms with Crippen molar-refractivity contribution in [2.45, 2.75) is 6.42 Å². The third-order valence-electron chi connectivity index (χ3n) is 2.85. The second-order valence-corrected chi connectivity index (χ2v) is 5.01. The maximum absolute atomic E-state index is 10.9. The molecule has 2 aromatic rings. The van der Waals surface area contributed by atoms with Crippen molar-refractivity contribution in [2.24, 2.45) is 5.16 Å². The lowest BCUT2D eigenvalue weighted by Crippen LogP contribution is -2.21. The fourth-order valence-electron chi connectivity index (χ4n) is 1.92. The summed E-state index contributed by atoms with van der Waals surface area (Å²) in [6.07, 6.45) is 0.584. The molecule has 1 aliphatic heterocycles. The zero-order valence-electron chi connectivity index (χ0n) is 10.1. The van der Waals surface area contributed by atoms with Crippen LogP contribution in [0.25, 0.3) is 11.1 Å². The van der Waals surface area contributed by atoms with Gasteiger partial charge in [0.1, 0.15) is 0 Å². The number of amidine groups is 1. The molecule has 5 heteroatoms. The van der Waals surface area contributed by atoms with Gasteiger partial charge in [-0.25, -0.2) is 0 Å². The first-order chi connectivity index (χ1) is 9.31. The van der Waals surface area contributed by atoms with E-state index < -0.39 is 11.3 Å². The Hall–Kier alpha value is -2.14. The van der Waals surface area contributed by atoms with Gasteiger partial charge in [-0.2, -0.15) is 4.21 Å². The lowest BCUT2D eigenvalue weighted by Gasteiger charge is -2.03. The Labute approximate surface area is 113 Å². The summed E-state index contributed by atoms with van der Waals surface area (Å²) in [4.78, 5) is 0. The molecule has 0 spiro atoms. The molecule has 0 saturated heterocycles. The maximum atomic E-state index is 10.9. The SMILES string of the molecule is O=S1NC(Cc2ccc(-c3ccccc3)cc2)=NO1. The molecule has 1 aliphatic rings. The Morgan fingerprint density at radius 2 is 1.68 bits per heavy atom. The van der Waals surface area contributed by atoms with Crippen LogP contribution in [0.4, 0.5) is 0 Å². The van der Waals surface area contributed by atoms with Crippen molar-refractivity contribution in [3.8, 4) is 11.1 Å². The molecule has 4 nitrogen and oxygen atoms in total. The van der Waals surface area contributed by atoms with Crippen molar-refractivity contribution in [2.75, 3.05) is 0 Å². The van der Waals surface area contributed by atoms with E-state index in [4.69, 9.17) is 0 Å². The first-order valence-electron chi connectivity index (χ1n) is 5.88. The van der Waals surface area contributed by atoms with E-state index in [1.807, 2.05) is 30.3 Å². The highest BCUT2D eigenvalue weighted by molar-refractivity contribution is 7.79. The number of nitrogens with zero attached hydrogens (tertiary/aromatic N) is 1. The average Bonchev–Trinajstić information content (AvgIpc) is 2.86. The maximum Gasteiger partial charge on any atom is 0.338 e. The van der Waals surface area contributed by atoms with Crippen LogP contribution in [0.2, 0.25) is 0 Å². The summed E-state index contributed by atoms with van der Waals surface area (Å²) in [5, 5.41) is 3.70. The number of oxime groups is 1. The fraction of sp³-hybridized carbons (Fsp3) is 0.0714. The number of benzene rings is 2. The quantitative estimate of drug-likeness (QED) is 0.932. The molecule has 0 aromatic heterocycles. The molecule has 2 aromatic carbocycles. The molecule has 0 aliphatic carbocycles. The van der Waals surface area contributed by atoms with Crippen molar-refractivity contribution in [1.29, 1.82) is 0 Å². The van der Waals surface area contributed by atoms with E-state index in [-0.39, 0.29) is 0 Å². The van der Waals surface area contributed by atoms with Gasteiger partial charge in [0, 0.05) is 6.42 Å². The molecule has 1 atom stereocenters. The smallest absolute Gasteiger partial charge is 0.269 e. The van der Waals surface area contributed by atoms with Crippen LogP contribution in [0.15, 0.2) is 59.8 Å². The highest BCUT2D eigenvalue weighted by Gasteiger charge is 2.14. The van der Waals surface area contributed by atoms with Crippen LogP contribution < -0.4 is 4.72 Å². The molecule has 0 saturated carbocycles. The third kappa shape index (κ3) is 2.82. The van der Waals surface area contributed by atoms with E-state index in [0.29, 0.717) is 12.3 Å². The van der Waals surface area contributed by atoms with E-state index in [1.54, 1.807) is 0 Å². The van der Waals surface area contributed by atoms with Gasteiger partial charge in [-0.3, -0.25) is 9.01 Å². The summed E-state index contributed by atoms with van der Waals surface area (Å²) in [6.45, 7) is 0. The zero-order chi connectivity index (χ0) is 13.1. The minimum absolute atomic E-state index is 0.584. The highest BCUT2D eigenvalue weighted by atomic mass is 32.2. The summed E-state index contributed by atoms with van der Waals surface area (Å²) in [7, 11) is 0. The Kier molecular flexibility index (Phi) is 3.29. The van der Waals surface area contributed by atoms with Gasteiger partial charge in [-0.05, 0) is 16.7 Å².